The third kappa shape index (κ3) is 8.05. The van der Waals surface area contributed by atoms with Crippen LogP contribution in [0.25, 0.3) is 0 Å². The highest BCUT2D eigenvalue weighted by molar-refractivity contribution is 14.0. The Morgan fingerprint density at radius 1 is 0.962 bits per heavy atom. The quantitative estimate of drug-likeness (QED) is 0.256. The molecule has 0 aromatic heterocycles. The Kier molecular flexibility index (Phi) is 11.5. The molecule has 0 saturated heterocycles. The molecule has 0 saturated carbocycles. The van der Waals surface area contributed by atoms with Crippen molar-refractivity contribution in [3.63, 3.8) is 0 Å². The summed E-state index contributed by atoms with van der Waals surface area (Å²) in [6, 6.07) is 18.2. The molecule has 0 heterocycles. The van der Waals surface area contributed by atoms with Gasteiger partial charge >= 0.3 is 0 Å². The summed E-state index contributed by atoms with van der Waals surface area (Å²) in [6.45, 7) is 2.75. The van der Waals surface area contributed by atoms with Crippen LogP contribution in [0.5, 0.6) is 5.75 Å². The van der Waals surface area contributed by atoms with E-state index in [1.807, 2.05) is 36.4 Å². The van der Waals surface area contributed by atoms with Crippen LogP contribution in [0.1, 0.15) is 11.1 Å². The molecule has 26 heavy (non-hydrogen) atoms. The number of halogens is 1. The highest BCUT2D eigenvalue weighted by Gasteiger charge is 2.02. The van der Waals surface area contributed by atoms with E-state index in [9.17, 15) is 0 Å². The molecule has 142 valence electrons. The fourth-order valence-corrected chi connectivity index (χ4v) is 2.45. The molecule has 5 nitrogen and oxygen atoms in total. The summed E-state index contributed by atoms with van der Waals surface area (Å²) in [6.07, 6.45) is 0.870. The van der Waals surface area contributed by atoms with Gasteiger partial charge in [0.2, 0.25) is 0 Å². The summed E-state index contributed by atoms with van der Waals surface area (Å²) in [5, 5.41) is 6.56. The zero-order valence-electron chi connectivity index (χ0n) is 15.4. The normalized spacial score (nSPS) is 10.8. The minimum Gasteiger partial charge on any atom is -0.496 e. The number of nitrogens with zero attached hydrogens (tertiary/aromatic N) is 1. The van der Waals surface area contributed by atoms with Gasteiger partial charge in [0.15, 0.2) is 5.96 Å². The summed E-state index contributed by atoms with van der Waals surface area (Å²) >= 11 is 0. The number of methoxy groups -OCH3 is 1. The zero-order chi connectivity index (χ0) is 17.7. The molecular weight excluding hydrogens is 441 g/mol. The Bertz CT molecular complexity index is 651. The van der Waals surface area contributed by atoms with Crippen LogP contribution in [0.3, 0.4) is 0 Å². The van der Waals surface area contributed by atoms with Crippen molar-refractivity contribution in [1.82, 2.24) is 10.6 Å². The van der Waals surface area contributed by atoms with Gasteiger partial charge in [-0.3, -0.25) is 4.99 Å². The van der Waals surface area contributed by atoms with Crippen LogP contribution in [-0.2, 0) is 17.8 Å². The number of rotatable bonds is 9. The maximum atomic E-state index is 5.66. The van der Waals surface area contributed by atoms with E-state index < -0.39 is 0 Å². The van der Waals surface area contributed by atoms with Gasteiger partial charge in [-0.05, 0) is 23.6 Å². The minimum absolute atomic E-state index is 0. The standard InChI is InChI=1S/C20H27N3O2.HI/c1-21-20(22-13-12-18-10-6-7-11-19(18)24-2)23-14-15-25-16-17-8-4-3-5-9-17;/h3-11H,12-16H2,1-2H3,(H2,21,22,23);1H. The molecule has 0 fully saturated rings. The molecule has 0 aliphatic rings. The molecule has 0 aliphatic heterocycles. The first-order valence-corrected chi connectivity index (χ1v) is 8.51. The predicted molar refractivity (Wildman–Crippen MR) is 118 cm³/mol. The molecule has 6 heteroatoms. The lowest BCUT2D eigenvalue weighted by Gasteiger charge is -2.13. The third-order valence-electron chi connectivity index (χ3n) is 3.75. The zero-order valence-corrected chi connectivity index (χ0v) is 17.7. The van der Waals surface area contributed by atoms with E-state index in [2.05, 4.69) is 33.8 Å². The molecule has 2 N–H and O–H groups in total. The predicted octanol–water partition coefficient (Wildman–Crippen LogP) is 3.24. The maximum Gasteiger partial charge on any atom is 0.191 e. The summed E-state index contributed by atoms with van der Waals surface area (Å²) in [5.41, 5.74) is 2.36. The average Bonchev–Trinajstić information content (AvgIpc) is 2.67. The Morgan fingerprint density at radius 2 is 1.65 bits per heavy atom. The van der Waals surface area contributed by atoms with Crippen LogP contribution in [0, 0.1) is 0 Å². The van der Waals surface area contributed by atoms with Crippen molar-refractivity contribution >= 4 is 29.9 Å². The molecule has 0 unspecified atom stereocenters. The summed E-state index contributed by atoms with van der Waals surface area (Å²) in [5.74, 6) is 1.69. The Hall–Kier alpha value is -1.80. The first-order valence-electron chi connectivity index (χ1n) is 8.51. The Labute approximate surface area is 173 Å². The first-order chi connectivity index (χ1) is 12.3. The van der Waals surface area contributed by atoms with Gasteiger partial charge in [0, 0.05) is 20.1 Å². The highest BCUT2D eigenvalue weighted by Crippen LogP contribution is 2.17. The molecule has 0 spiro atoms. The lowest BCUT2D eigenvalue weighted by atomic mass is 10.1. The fraction of sp³-hybridized carbons (Fsp3) is 0.350. The van der Waals surface area contributed by atoms with Crippen molar-refractivity contribution in [2.45, 2.75) is 13.0 Å². The Morgan fingerprint density at radius 3 is 2.38 bits per heavy atom. The van der Waals surface area contributed by atoms with Crippen molar-refractivity contribution in [2.24, 2.45) is 4.99 Å². The number of hydrogen-bond donors (Lipinski definition) is 2. The number of benzene rings is 2. The van der Waals surface area contributed by atoms with E-state index in [1.165, 1.54) is 11.1 Å². The number of ether oxygens (including phenoxy) is 2. The number of para-hydroxylation sites is 1. The molecule has 2 aromatic carbocycles. The van der Waals surface area contributed by atoms with E-state index in [0.29, 0.717) is 19.8 Å². The monoisotopic (exact) mass is 469 g/mol. The van der Waals surface area contributed by atoms with Crippen LogP contribution < -0.4 is 15.4 Å². The maximum absolute atomic E-state index is 5.66. The van der Waals surface area contributed by atoms with Gasteiger partial charge in [0.1, 0.15) is 5.75 Å². The number of nitrogens with one attached hydrogen (secondary N) is 2. The van der Waals surface area contributed by atoms with Gasteiger partial charge in [0.05, 0.1) is 20.3 Å². The second-order valence-electron chi connectivity index (χ2n) is 5.53. The lowest BCUT2D eigenvalue weighted by molar-refractivity contribution is 0.125. The van der Waals surface area contributed by atoms with Crippen LogP contribution in [0.15, 0.2) is 59.6 Å². The molecule has 0 bridgehead atoms. The summed E-state index contributed by atoms with van der Waals surface area (Å²) in [4.78, 5) is 4.23. The second-order valence-corrected chi connectivity index (χ2v) is 5.53. The highest BCUT2D eigenvalue weighted by atomic mass is 127. The van der Waals surface area contributed by atoms with Crippen LogP contribution in [-0.4, -0.2) is 39.8 Å². The van der Waals surface area contributed by atoms with Gasteiger partial charge in [0.25, 0.3) is 0 Å². The van der Waals surface area contributed by atoms with Gasteiger partial charge in [-0.1, -0.05) is 48.5 Å². The van der Waals surface area contributed by atoms with Crippen molar-refractivity contribution < 1.29 is 9.47 Å². The van der Waals surface area contributed by atoms with Gasteiger partial charge in [-0.25, -0.2) is 0 Å². The topological polar surface area (TPSA) is 54.9 Å². The van der Waals surface area contributed by atoms with Gasteiger partial charge in [-0.2, -0.15) is 0 Å². The lowest BCUT2D eigenvalue weighted by Crippen LogP contribution is -2.39. The van der Waals surface area contributed by atoms with E-state index in [1.54, 1.807) is 14.2 Å². The molecule has 2 aromatic rings. The van der Waals surface area contributed by atoms with E-state index in [-0.39, 0.29) is 24.0 Å². The largest absolute Gasteiger partial charge is 0.496 e. The van der Waals surface area contributed by atoms with Gasteiger partial charge < -0.3 is 20.1 Å². The smallest absolute Gasteiger partial charge is 0.191 e. The molecular formula is C20H28IN3O2. The van der Waals surface area contributed by atoms with Crippen LogP contribution >= 0.6 is 24.0 Å². The summed E-state index contributed by atoms with van der Waals surface area (Å²) < 4.78 is 11.0. The molecule has 2 rings (SSSR count). The SMILES string of the molecule is CN=C(NCCOCc1ccccc1)NCCc1ccccc1OC.I. The van der Waals surface area contributed by atoms with E-state index in [0.717, 1.165) is 24.7 Å². The Balaban J connectivity index is 0.00000338. The molecule has 0 atom stereocenters. The third-order valence-corrected chi connectivity index (χ3v) is 3.75. The number of guanidine groups is 1. The second kappa shape index (κ2) is 13.4. The van der Waals surface area contributed by atoms with Crippen LogP contribution in [0.2, 0.25) is 0 Å². The first kappa shape index (κ1) is 22.2. The molecule has 0 aliphatic carbocycles. The van der Waals surface area contributed by atoms with Gasteiger partial charge in [-0.15, -0.1) is 24.0 Å². The minimum atomic E-state index is 0. The number of hydrogen-bond acceptors (Lipinski definition) is 3. The molecule has 0 radical (unpaired) electrons. The van der Waals surface area contributed by atoms with Crippen molar-refractivity contribution in [3.05, 3.63) is 65.7 Å². The van der Waals surface area contributed by atoms with Crippen molar-refractivity contribution in [3.8, 4) is 5.75 Å². The molecule has 0 amide bonds. The van der Waals surface area contributed by atoms with E-state index >= 15 is 0 Å². The number of aliphatic imine (C=N–C) groups is 1. The van der Waals surface area contributed by atoms with E-state index in [4.69, 9.17) is 9.47 Å². The van der Waals surface area contributed by atoms with Crippen LogP contribution in [0.4, 0.5) is 0 Å². The summed E-state index contributed by atoms with van der Waals surface area (Å²) in [7, 11) is 3.46. The fourth-order valence-electron chi connectivity index (χ4n) is 2.45. The van der Waals surface area contributed by atoms with Crippen molar-refractivity contribution in [1.29, 1.82) is 0 Å². The average molecular weight is 469 g/mol. The van der Waals surface area contributed by atoms with Crippen molar-refractivity contribution in [2.75, 3.05) is 33.9 Å².